The number of aromatic nitrogens is 3. The SMILES string of the molecule is CCNC(=NCc1nncn1CC)NCC1(CC)CCCC1.I. The molecule has 1 aromatic rings. The number of nitrogens with one attached hydrogen (secondary N) is 2. The molecule has 1 aliphatic carbocycles. The second-order valence-electron chi connectivity index (χ2n) is 6.14. The number of guanidine groups is 1. The molecule has 0 aliphatic heterocycles. The Morgan fingerprint density at radius 3 is 2.61 bits per heavy atom. The highest BCUT2D eigenvalue weighted by molar-refractivity contribution is 14.0. The average molecular weight is 434 g/mol. The minimum Gasteiger partial charge on any atom is -0.357 e. The molecular formula is C16H31IN6. The van der Waals surface area contributed by atoms with Crippen LogP contribution in [0.25, 0.3) is 0 Å². The van der Waals surface area contributed by atoms with Crippen LogP contribution in [-0.2, 0) is 13.1 Å². The molecule has 0 amide bonds. The Kier molecular flexibility index (Phi) is 8.86. The van der Waals surface area contributed by atoms with E-state index in [0.29, 0.717) is 12.0 Å². The van der Waals surface area contributed by atoms with E-state index in [1.165, 1.54) is 32.1 Å². The maximum Gasteiger partial charge on any atom is 0.191 e. The third-order valence-electron chi connectivity index (χ3n) is 4.80. The Hall–Kier alpha value is -0.860. The predicted molar refractivity (Wildman–Crippen MR) is 105 cm³/mol. The Balaban J connectivity index is 0.00000264. The van der Waals surface area contributed by atoms with Crippen molar-refractivity contribution >= 4 is 29.9 Å². The van der Waals surface area contributed by atoms with E-state index in [1.54, 1.807) is 6.33 Å². The summed E-state index contributed by atoms with van der Waals surface area (Å²) in [7, 11) is 0. The van der Waals surface area contributed by atoms with Crippen LogP contribution in [0.15, 0.2) is 11.3 Å². The summed E-state index contributed by atoms with van der Waals surface area (Å²) >= 11 is 0. The van der Waals surface area contributed by atoms with Gasteiger partial charge in [-0.3, -0.25) is 0 Å². The van der Waals surface area contributed by atoms with Gasteiger partial charge in [0, 0.05) is 19.6 Å². The van der Waals surface area contributed by atoms with Gasteiger partial charge in [0.2, 0.25) is 0 Å². The zero-order valence-electron chi connectivity index (χ0n) is 14.6. The van der Waals surface area contributed by atoms with Gasteiger partial charge in [0.15, 0.2) is 11.8 Å². The van der Waals surface area contributed by atoms with Crippen molar-refractivity contribution in [1.82, 2.24) is 25.4 Å². The fourth-order valence-electron chi connectivity index (χ4n) is 3.21. The molecule has 0 aromatic carbocycles. The minimum absolute atomic E-state index is 0. The molecule has 0 bridgehead atoms. The van der Waals surface area contributed by atoms with Gasteiger partial charge in [-0.15, -0.1) is 34.2 Å². The van der Waals surface area contributed by atoms with Crippen molar-refractivity contribution in [3.8, 4) is 0 Å². The largest absolute Gasteiger partial charge is 0.357 e. The molecule has 132 valence electrons. The molecule has 7 heteroatoms. The molecule has 0 radical (unpaired) electrons. The fraction of sp³-hybridized carbons (Fsp3) is 0.812. The van der Waals surface area contributed by atoms with Crippen molar-refractivity contribution in [2.45, 2.75) is 66.0 Å². The molecule has 1 saturated carbocycles. The normalized spacial score (nSPS) is 16.9. The van der Waals surface area contributed by atoms with Gasteiger partial charge in [-0.25, -0.2) is 4.99 Å². The lowest BCUT2D eigenvalue weighted by Gasteiger charge is -2.28. The number of halogens is 1. The molecule has 0 unspecified atom stereocenters. The predicted octanol–water partition coefficient (Wildman–Crippen LogP) is 2.94. The topological polar surface area (TPSA) is 67.1 Å². The highest BCUT2D eigenvalue weighted by atomic mass is 127. The van der Waals surface area contributed by atoms with E-state index >= 15 is 0 Å². The summed E-state index contributed by atoms with van der Waals surface area (Å²) in [6.45, 7) is 9.80. The lowest BCUT2D eigenvalue weighted by Crippen LogP contribution is -2.42. The summed E-state index contributed by atoms with van der Waals surface area (Å²) < 4.78 is 2.03. The van der Waals surface area contributed by atoms with Crippen molar-refractivity contribution in [3.63, 3.8) is 0 Å². The van der Waals surface area contributed by atoms with Crippen LogP contribution in [0.1, 0.15) is 58.7 Å². The third-order valence-corrected chi connectivity index (χ3v) is 4.80. The summed E-state index contributed by atoms with van der Waals surface area (Å²) in [5.74, 6) is 1.79. The lowest BCUT2D eigenvalue weighted by atomic mass is 9.83. The van der Waals surface area contributed by atoms with E-state index in [4.69, 9.17) is 0 Å². The number of hydrogen-bond donors (Lipinski definition) is 2. The Morgan fingerprint density at radius 1 is 1.26 bits per heavy atom. The second kappa shape index (κ2) is 10.1. The highest BCUT2D eigenvalue weighted by Gasteiger charge is 2.31. The highest BCUT2D eigenvalue weighted by Crippen LogP contribution is 2.40. The molecule has 23 heavy (non-hydrogen) atoms. The first-order chi connectivity index (χ1) is 10.7. The number of rotatable bonds is 7. The lowest BCUT2D eigenvalue weighted by molar-refractivity contribution is 0.283. The molecule has 0 spiro atoms. The zero-order valence-corrected chi connectivity index (χ0v) is 17.0. The van der Waals surface area contributed by atoms with Crippen LogP contribution in [0.3, 0.4) is 0 Å². The molecule has 2 N–H and O–H groups in total. The molecule has 1 fully saturated rings. The molecule has 1 aliphatic rings. The number of aryl methyl sites for hydroxylation is 1. The van der Waals surface area contributed by atoms with Crippen LogP contribution in [0.5, 0.6) is 0 Å². The van der Waals surface area contributed by atoms with Gasteiger partial charge < -0.3 is 15.2 Å². The monoisotopic (exact) mass is 434 g/mol. The quantitative estimate of drug-likeness (QED) is 0.394. The van der Waals surface area contributed by atoms with Gasteiger partial charge in [-0.1, -0.05) is 19.8 Å². The third kappa shape index (κ3) is 5.61. The fourth-order valence-corrected chi connectivity index (χ4v) is 3.21. The van der Waals surface area contributed by atoms with Gasteiger partial charge in [-0.2, -0.15) is 0 Å². The van der Waals surface area contributed by atoms with E-state index in [-0.39, 0.29) is 24.0 Å². The summed E-state index contributed by atoms with van der Waals surface area (Å²) in [6.07, 6.45) is 8.39. The molecule has 6 nitrogen and oxygen atoms in total. The summed E-state index contributed by atoms with van der Waals surface area (Å²) in [4.78, 5) is 4.66. The van der Waals surface area contributed by atoms with Gasteiger partial charge >= 0.3 is 0 Å². The van der Waals surface area contributed by atoms with E-state index in [0.717, 1.165) is 31.4 Å². The van der Waals surface area contributed by atoms with Gasteiger partial charge in [0.05, 0.1) is 0 Å². The van der Waals surface area contributed by atoms with E-state index in [1.807, 2.05) is 4.57 Å². The molecule has 0 atom stereocenters. The van der Waals surface area contributed by atoms with E-state index < -0.39 is 0 Å². The summed E-state index contributed by atoms with van der Waals surface area (Å²) in [5.41, 5.74) is 0.458. The summed E-state index contributed by atoms with van der Waals surface area (Å²) in [6, 6.07) is 0. The van der Waals surface area contributed by atoms with E-state index in [2.05, 4.69) is 46.6 Å². The van der Waals surface area contributed by atoms with Gasteiger partial charge in [0.25, 0.3) is 0 Å². The average Bonchev–Trinajstić information content (AvgIpc) is 3.19. The smallest absolute Gasteiger partial charge is 0.191 e. The van der Waals surface area contributed by atoms with Crippen molar-refractivity contribution in [3.05, 3.63) is 12.2 Å². The molecule has 1 heterocycles. The Labute approximate surface area is 157 Å². The number of nitrogens with zero attached hydrogens (tertiary/aromatic N) is 4. The molecule has 2 rings (SSSR count). The van der Waals surface area contributed by atoms with Crippen LogP contribution >= 0.6 is 24.0 Å². The van der Waals surface area contributed by atoms with Crippen LogP contribution in [0, 0.1) is 5.41 Å². The Bertz CT molecular complexity index is 479. The van der Waals surface area contributed by atoms with Crippen molar-refractivity contribution in [2.75, 3.05) is 13.1 Å². The Morgan fingerprint density at radius 2 is 2.00 bits per heavy atom. The molecule has 1 aromatic heterocycles. The van der Waals surface area contributed by atoms with E-state index in [9.17, 15) is 0 Å². The number of aliphatic imine (C=N–C) groups is 1. The standard InChI is InChI=1S/C16H30N6.HI/c1-4-16(9-7-8-10-16)12-19-15(17-5-2)18-11-14-21-20-13-22(14)6-3;/h13H,4-12H2,1-3H3,(H2,17,18,19);1H. The van der Waals surface area contributed by atoms with Crippen LogP contribution < -0.4 is 10.6 Å². The van der Waals surface area contributed by atoms with Crippen molar-refractivity contribution in [1.29, 1.82) is 0 Å². The van der Waals surface area contributed by atoms with Gasteiger partial charge in [-0.05, 0) is 38.5 Å². The minimum atomic E-state index is 0. The maximum absolute atomic E-state index is 4.66. The zero-order chi connectivity index (χ0) is 15.8. The molecular weight excluding hydrogens is 403 g/mol. The van der Waals surface area contributed by atoms with Crippen LogP contribution in [-0.4, -0.2) is 33.8 Å². The van der Waals surface area contributed by atoms with Crippen LogP contribution in [0.2, 0.25) is 0 Å². The first-order valence-corrected chi connectivity index (χ1v) is 8.62. The second-order valence-corrected chi connectivity index (χ2v) is 6.14. The van der Waals surface area contributed by atoms with Crippen molar-refractivity contribution < 1.29 is 0 Å². The maximum atomic E-state index is 4.66. The molecule has 0 saturated heterocycles. The first kappa shape index (κ1) is 20.2. The van der Waals surface area contributed by atoms with Gasteiger partial charge in [0.1, 0.15) is 12.9 Å². The number of hydrogen-bond acceptors (Lipinski definition) is 3. The summed E-state index contributed by atoms with van der Waals surface area (Å²) in [5, 5.41) is 15.0. The van der Waals surface area contributed by atoms with Crippen LogP contribution in [0.4, 0.5) is 0 Å². The first-order valence-electron chi connectivity index (χ1n) is 8.62. The van der Waals surface area contributed by atoms with Crippen molar-refractivity contribution in [2.24, 2.45) is 10.4 Å².